The molecule has 0 aromatic heterocycles. The highest BCUT2D eigenvalue weighted by Crippen LogP contribution is 2.40. The lowest BCUT2D eigenvalue weighted by Crippen LogP contribution is -2.48. The van der Waals surface area contributed by atoms with E-state index in [0.29, 0.717) is 23.6 Å². The van der Waals surface area contributed by atoms with Crippen molar-refractivity contribution >= 4 is 29.3 Å². The zero-order valence-corrected chi connectivity index (χ0v) is 11.0. The Morgan fingerprint density at radius 2 is 2.00 bits per heavy atom. The zero-order chi connectivity index (χ0) is 13.9. The molecule has 0 heterocycles. The summed E-state index contributed by atoms with van der Waals surface area (Å²) in [4.78, 5) is 22.8. The third-order valence-electron chi connectivity index (χ3n) is 3.47. The molecule has 0 aliphatic heterocycles. The molecular formula is C13H15ClN2O3. The number of aliphatic carboxylic acids is 1. The van der Waals surface area contributed by atoms with Crippen LogP contribution in [0.4, 0.5) is 10.5 Å². The van der Waals surface area contributed by atoms with Crippen molar-refractivity contribution < 1.29 is 14.7 Å². The van der Waals surface area contributed by atoms with E-state index in [1.807, 2.05) is 0 Å². The van der Waals surface area contributed by atoms with Crippen LogP contribution in [0.25, 0.3) is 0 Å². The Bertz CT molecular complexity index is 500. The van der Waals surface area contributed by atoms with Gasteiger partial charge in [-0.2, -0.15) is 0 Å². The van der Waals surface area contributed by atoms with Crippen molar-refractivity contribution in [1.29, 1.82) is 0 Å². The maximum atomic E-state index is 11.7. The van der Waals surface area contributed by atoms with E-state index in [2.05, 4.69) is 10.6 Å². The van der Waals surface area contributed by atoms with Gasteiger partial charge in [0.15, 0.2) is 0 Å². The maximum Gasteiger partial charge on any atom is 0.319 e. The molecule has 1 aliphatic carbocycles. The Labute approximate surface area is 116 Å². The van der Waals surface area contributed by atoms with E-state index < -0.39 is 17.4 Å². The van der Waals surface area contributed by atoms with E-state index in [9.17, 15) is 9.59 Å². The Morgan fingerprint density at radius 3 is 2.53 bits per heavy atom. The minimum absolute atomic E-state index is 0.138. The summed E-state index contributed by atoms with van der Waals surface area (Å²) >= 11 is 5.91. The first-order valence-electron chi connectivity index (χ1n) is 6.06. The summed E-state index contributed by atoms with van der Waals surface area (Å²) in [5, 5.41) is 14.8. The fraction of sp³-hybridized carbons (Fsp3) is 0.385. The molecule has 0 saturated heterocycles. The number of hydrogen-bond donors (Lipinski definition) is 3. The van der Waals surface area contributed by atoms with Crippen LogP contribution in [0, 0.1) is 5.41 Å². The van der Waals surface area contributed by atoms with Crippen molar-refractivity contribution in [3.63, 3.8) is 0 Å². The lowest BCUT2D eigenvalue weighted by molar-refractivity contribution is -0.153. The number of carboxylic acids is 1. The van der Waals surface area contributed by atoms with Crippen molar-refractivity contribution in [2.75, 3.05) is 11.9 Å². The summed E-state index contributed by atoms with van der Waals surface area (Å²) < 4.78 is 0. The van der Waals surface area contributed by atoms with Crippen LogP contribution in [-0.4, -0.2) is 23.7 Å². The number of amides is 2. The zero-order valence-electron chi connectivity index (χ0n) is 10.3. The first-order valence-corrected chi connectivity index (χ1v) is 6.44. The van der Waals surface area contributed by atoms with Crippen LogP contribution in [0.3, 0.4) is 0 Å². The van der Waals surface area contributed by atoms with Gasteiger partial charge in [0.25, 0.3) is 0 Å². The van der Waals surface area contributed by atoms with Crippen LogP contribution in [0.1, 0.15) is 19.3 Å². The van der Waals surface area contributed by atoms with Crippen molar-refractivity contribution in [2.45, 2.75) is 19.3 Å². The first kappa shape index (κ1) is 13.7. The van der Waals surface area contributed by atoms with E-state index in [4.69, 9.17) is 16.7 Å². The molecule has 0 radical (unpaired) electrons. The number of carboxylic acid groups (broad SMARTS) is 1. The number of halogens is 1. The van der Waals surface area contributed by atoms with Gasteiger partial charge in [0.05, 0.1) is 16.1 Å². The highest BCUT2D eigenvalue weighted by atomic mass is 35.5. The topological polar surface area (TPSA) is 78.4 Å². The fourth-order valence-corrected chi connectivity index (χ4v) is 2.23. The van der Waals surface area contributed by atoms with Crippen molar-refractivity contribution in [3.8, 4) is 0 Å². The minimum Gasteiger partial charge on any atom is -0.481 e. The lowest BCUT2D eigenvalue weighted by atomic mass is 9.69. The number of nitrogens with one attached hydrogen (secondary N) is 2. The van der Waals surface area contributed by atoms with Gasteiger partial charge in [-0.1, -0.05) is 30.2 Å². The Balaban J connectivity index is 1.89. The van der Waals surface area contributed by atoms with E-state index >= 15 is 0 Å². The second kappa shape index (κ2) is 5.48. The third-order valence-corrected chi connectivity index (χ3v) is 3.80. The summed E-state index contributed by atoms with van der Waals surface area (Å²) in [6, 6.07) is 6.42. The van der Waals surface area contributed by atoms with Gasteiger partial charge in [-0.3, -0.25) is 4.79 Å². The van der Waals surface area contributed by atoms with Crippen molar-refractivity contribution in [2.24, 2.45) is 5.41 Å². The van der Waals surface area contributed by atoms with Crippen LogP contribution < -0.4 is 10.6 Å². The molecule has 0 atom stereocenters. The van der Waals surface area contributed by atoms with Gasteiger partial charge in [0, 0.05) is 6.54 Å². The summed E-state index contributed by atoms with van der Waals surface area (Å²) in [5.74, 6) is -0.850. The smallest absolute Gasteiger partial charge is 0.319 e. The van der Waals surface area contributed by atoms with Gasteiger partial charge < -0.3 is 15.7 Å². The largest absolute Gasteiger partial charge is 0.481 e. The molecule has 6 heteroatoms. The second-order valence-corrected chi connectivity index (χ2v) is 5.13. The number of carbonyl (C=O) groups excluding carboxylic acids is 1. The van der Waals surface area contributed by atoms with Gasteiger partial charge in [-0.15, -0.1) is 0 Å². The number of carbonyl (C=O) groups is 2. The van der Waals surface area contributed by atoms with Gasteiger partial charge in [0.1, 0.15) is 0 Å². The minimum atomic E-state index is -0.850. The third kappa shape index (κ3) is 2.98. The van der Waals surface area contributed by atoms with Crippen LogP contribution in [0.5, 0.6) is 0 Å². The van der Waals surface area contributed by atoms with Crippen molar-refractivity contribution in [3.05, 3.63) is 29.3 Å². The highest BCUT2D eigenvalue weighted by Gasteiger charge is 2.44. The number of anilines is 1. The Kier molecular flexibility index (Phi) is 3.95. The number of hydrogen-bond acceptors (Lipinski definition) is 2. The van der Waals surface area contributed by atoms with E-state index in [-0.39, 0.29) is 6.54 Å². The number of para-hydroxylation sites is 1. The number of benzene rings is 1. The van der Waals surface area contributed by atoms with E-state index in [1.54, 1.807) is 24.3 Å². The molecular weight excluding hydrogens is 268 g/mol. The molecule has 0 bridgehead atoms. The molecule has 19 heavy (non-hydrogen) atoms. The van der Waals surface area contributed by atoms with Crippen LogP contribution in [0.15, 0.2) is 24.3 Å². The standard InChI is InChI=1S/C13H15ClN2O3/c14-9-4-1-2-5-10(9)16-12(19)15-8-13(11(17)18)6-3-7-13/h1-2,4-5H,3,6-8H2,(H,17,18)(H2,15,16,19). The monoisotopic (exact) mass is 282 g/mol. The highest BCUT2D eigenvalue weighted by molar-refractivity contribution is 6.33. The molecule has 1 saturated carbocycles. The maximum absolute atomic E-state index is 11.7. The summed E-state index contributed by atoms with van der Waals surface area (Å²) in [6.07, 6.45) is 2.10. The molecule has 1 aromatic rings. The Morgan fingerprint density at radius 1 is 1.32 bits per heavy atom. The summed E-state index contributed by atoms with van der Waals surface area (Å²) in [5.41, 5.74) is -0.294. The molecule has 0 spiro atoms. The van der Waals surface area contributed by atoms with Crippen molar-refractivity contribution in [1.82, 2.24) is 5.32 Å². The molecule has 1 aliphatic rings. The Hall–Kier alpha value is -1.75. The van der Waals surface area contributed by atoms with Gasteiger partial charge in [-0.05, 0) is 25.0 Å². The predicted octanol–water partition coefficient (Wildman–Crippen LogP) is 2.72. The number of rotatable bonds is 4. The fourth-order valence-electron chi connectivity index (χ4n) is 2.05. The molecule has 5 nitrogen and oxygen atoms in total. The second-order valence-electron chi connectivity index (χ2n) is 4.73. The van der Waals surface area contributed by atoms with Gasteiger partial charge >= 0.3 is 12.0 Å². The average Bonchev–Trinajstić information content (AvgIpc) is 2.30. The normalized spacial score (nSPS) is 16.3. The molecule has 2 amide bonds. The SMILES string of the molecule is O=C(NCC1(C(=O)O)CCC1)Nc1ccccc1Cl. The predicted molar refractivity (Wildman–Crippen MR) is 72.4 cm³/mol. The van der Waals surface area contributed by atoms with Crippen LogP contribution in [-0.2, 0) is 4.79 Å². The molecule has 0 unspecified atom stereocenters. The quantitative estimate of drug-likeness (QED) is 0.794. The van der Waals surface area contributed by atoms with Crippen LogP contribution in [0.2, 0.25) is 5.02 Å². The first-order chi connectivity index (χ1) is 9.03. The molecule has 2 rings (SSSR count). The lowest BCUT2D eigenvalue weighted by Gasteiger charge is -2.37. The van der Waals surface area contributed by atoms with E-state index in [0.717, 1.165) is 6.42 Å². The number of urea groups is 1. The summed E-state index contributed by atoms with van der Waals surface area (Å²) in [7, 11) is 0. The van der Waals surface area contributed by atoms with Gasteiger partial charge in [0.2, 0.25) is 0 Å². The average molecular weight is 283 g/mol. The van der Waals surface area contributed by atoms with Gasteiger partial charge in [-0.25, -0.2) is 4.79 Å². The molecule has 102 valence electrons. The van der Waals surface area contributed by atoms with E-state index in [1.165, 1.54) is 0 Å². The molecule has 1 fully saturated rings. The summed E-state index contributed by atoms with van der Waals surface area (Å²) in [6.45, 7) is 0.138. The van der Waals surface area contributed by atoms with Crippen LogP contribution >= 0.6 is 11.6 Å². The molecule has 3 N–H and O–H groups in total. The molecule has 1 aromatic carbocycles.